The molecule has 0 bridgehead atoms. The summed E-state index contributed by atoms with van der Waals surface area (Å²) in [4.78, 5) is 16.2. The van der Waals surface area contributed by atoms with E-state index in [0.29, 0.717) is 72.9 Å². The average molecular weight is 620 g/mol. The Morgan fingerprint density at radius 1 is 1.07 bits per heavy atom. The number of phenols is 1. The molecular formula is C34H39F2N5O4. The van der Waals surface area contributed by atoms with Crippen LogP contribution in [0, 0.1) is 17.0 Å². The number of pyridine rings is 1. The number of hydrogen-bond acceptors (Lipinski definition) is 9. The van der Waals surface area contributed by atoms with Gasteiger partial charge in [0.2, 0.25) is 5.88 Å². The van der Waals surface area contributed by atoms with Crippen LogP contribution in [0.5, 0.6) is 17.6 Å². The molecule has 4 heterocycles. The first-order chi connectivity index (χ1) is 21.9. The van der Waals surface area contributed by atoms with E-state index in [1.165, 1.54) is 25.3 Å². The van der Waals surface area contributed by atoms with Crippen molar-refractivity contribution in [1.29, 1.82) is 0 Å². The fourth-order valence-corrected chi connectivity index (χ4v) is 7.64. The average Bonchev–Trinajstić information content (AvgIpc) is 3.29. The fraction of sp³-hybridized carbons (Fsp3) is 0.500. The van der Waals surface area contributed by atoms with E-state index in [9.17, 15) is 5.11 Å². The minimum atomic E-state index is -0.722. The number of phenolic OH excluding ortho intramolecular Hbond substituents is 1. The second kappa shape index (κ2) is 12.2. The van der Waals surface area contributed by atoms with Crippen LogP contribution in [-0.2, 0) is 11.2 Å². The van der Waals surface area contributed by atoms with E-state index in [-0.39, 0.29) is 39.8 Å². The monoisotopic (exact) mass is 619 g/mol. The molecular weight excluding hydrogens is 580 g/mol. The number of hydrogen-bond donors (Lipinski definition) is 2. The number of fused-ring (bicyclic) bond motifs is 3. The Bertz CT molecular complexity index is 1750. The molecule has 2 N–H and O–H groups in total. The molecule has 11 heteroatoms. The SMILES string of the molecule is CCc1c(F)ccc2cc(O)cc(-c3nc(OC)c4c(N5CCCOCC5)nc(OCC56CCCNC5CCC6)nc4c3F)c12. The zero-order valence-electron chi connectivity index (χ0n) is 25.8. The van der Waals surface area contributed by atoms with Crippen LogP contribution in [0.4, 0.5) is 14.6 Å². The van der Waals surface area contributed by atoms with E-state index in [1.807, 2.05) is 11.8 Å². The van der Waals surface area contributed by atoms with Crippen LogP contribution < -0.4 is 19.7 Å². The topological polar surface area (TPSA) is 102 Å². The minimum absolute atomic E-state index is 0.00444. The largest absolute Gasteiger partial charge is 0.508 e. The van der Waals surface area contributed by atoms with Gasteiger partial charge in [-0.25, -0.2) is 13.8 Å². The molecule has 2 aliphatic heterocycles. The predicted molar refractivity (Wildman–Crippen MR) is 168 cm³/mol. The second-order valence-corrected chi connectivity index (χ2v) is 12.4. The van der Waals surface area contributed by atoms with E-state index in [1.54, 1.807) is 6.07 Å². The summed E-state index contributed by atoms with van der Waals surface area (Å²) in [5, 5.41) is 15.7. The Hall–Kier alpha value is -3.83. The van der Waals surface area contributed by atoms with Crippen LogP contribution in [0.3, 0.4) is 0 Å². The first-order valence-corrected chi connectivity index (χ1v) is 16.0. The van der Waals surface area contributed by atoms with Crippen LogP contribution in [0.25, 0.3) is 32.9 Å². The molecule has 2 aromatic heterocycles. The maximum atomic E-state index is 17.0. The lowest BCUT2D eigenvalue weighted by Gasteiger charge is -2.39. The van der Waals surface area contributed by atoms with Gasteiger partial charge in [0.25, 0.3) is 0 Å². The van der Waals surface area contributed by atoms with Crippen molar-refractivity contribution in [3.8, 4) is 28.9 Å². The number of nitrogens with one attached hydrogen (secondary N) is 1. The van der Waals surface area contributed by atoms with Crippen molar-refractivity contribution in [1.82, 2.24) is 20.3 Å². The molecule has 45 heavy (non-hydrogen) atoms. The number of ether oxygens (including phenoxy) is 3. The zero-order chi connectivity index (χ0) is 31.1. The fourth-order valence-electron chi connectivity index (χ4n) is 7.64. The van der Waals surface area contributed by atoms with Crippen LogP contribution >= 0.6 is 0 Å². The van der Waals surface area contributed by atoms with E-state index in [0.717, 1.165) is 45.1 Å². The number of aromatic nitrogens is 3. The molecule has 3 fully saturated rings. The smallest absolute Gasteiger partial charge is 0.319 e. The van der Waals surface area contributed by atoms with Crippen molar-refractivity contribution in [2.24, 2.45) is 5.41 Å². The summed E-state index contributed by atoms with van der Waals surface area (Å²) in [5.41, 5.74) is 0.557. The van der Waals surface area contributed by atoms with Crippen LogP contribution in [0.15, 0.2) is 24.3 Å². The molecule has 2 saturated heterocycles. The third-order valence-electron chi connectivity index (χ3n) is 9.83. The van der Waals surface area contributed by atoms with Gasteiger partial charge in [0.15, 0.2) is 5.82 Å². The quantitative estimate of drug-likeness (QED) is 0.261. The van der Waals surface area contributed by atoms with Gasteiger partial charge >= 0.3 is 6.01 Å². The Morgan fingerprint density at radius 3 is 2.78 bits per heavy atom. The maximum Gasteiger partial charge on any atom is 0.319 e. The summed E-state index contributed by atoms with van der Waals surface area (Å²) in [6, 6.07) is 6.36. The second-order valence-electron chi connectivity index (χ2n) is 12.4. The van der Waals surface area contributed by atoms with Crippen molar-refractivity contribution >= 4 is 27.5 Å². The highest BCUT2D eigenvalue weighted by atomic mass is 19.1. The third-order valence-corrected chi connectivity index (χ3v) is 9.83. The van der Waals surface area contributed by atoms with Crippen molar-refractivity contribution in [3.05, 3.63) is 41.5 Å². The van der Waals surface area contributed by atoms with Crippen molar-refractivity contribution in [2.45, 2.75) is 57.9 Å². The lowest BCUT2D eigenvalue weighted by Crippen LogP contribution is -2.49. The Kier molecular flexibility index (Phi) is 8.07. The Labute approximate surface area is 260 Å². The van der Waals surface area contributed by atoms with E-state index in [2.05, 4.69) is 15.3 Å². The molecule has 2 atom stereocenters. The number of benzene rings is 2. The standard InChI is InChI=1S/C34H39F2N5O4/c1-3-22-24(35)9-8-20-17-21(42)18-23(26(20)22)29-28(36)30-27(32(38-29)43-2)31(41-13-6-15-44-16-14-41)40-33(39-30)45-19-34-10-4-7-25(34)37-12-5-11-34/h8-9,17-18,25,37,42H,3-7,10-16,19H2,1-2H3. The highest BCUT2D eigenvalue weighted by molar-refractivity contribution is 6.03. The summed E-state index contributed by atoms with van der Waals surface area (Å²) in [6.07, 6.45) is 6.59. The summed E-state index contributed by atoms with van der Waals surface area (Å²) in [5.74, 6) is -0.617. The van der Waals surface area contributed by atoms with Gasteiger partial charge in [-0.2, -0.15) is 9.97 Å². The van der Waals surface area contributed by atoms with Gasteiger partial charge in [-0.15, -0.1) is 0 Å². The molecule has 1 saturated carbocycles. The van der Waals surface area contributed by atoms with Gasteiger partial charge in [-0.05, 0) is 79.6 Å². The third kappa shape index (κ3) is 5.29. The van der Waals surface area contributed by atoms with E-state index < -0.39 is 11.6 Å². The predicted octanol–water partition coefficient (Wildman–Crippen LogP) is 5.93. The van der Waals surface area contributed by atoms with Crippen LogP contribution in [0.1, 0.15) is 51.0 Å². The number of nitrogens with zero attached hydrogens (tertiary/aromatic N) is 4. The number of aryl methyl sites for hydroxylation is 1. The summed E-state index contributed by atoms with van der Waals surface area (Å²) >= 11 is 0. The number of rotatable bonds is 7. The molecule has 7 rings (SSSR count). The zero-order valence-corrected chi connectivity index (χ0v) is 25.8. The Morgan fingerprint density at radius 2 is 1.93 bits per heavy atom. The maximum absolute atomic E-state index is 17.0. The van der Waals surface area contributed by atoms with E-state index in [4.69, 9.17) is 19.2 Å². The lowest BCUT2D eigenvalue weighted by atomic mass is 9.76. The first kappa shape index (κ1) is 29.9. The number of piperidine rings is 1. The molecule has 238 valence electrons. The molecule has 0 spiro atoms. The van der Waals surface area contributed by atoms with Gasteiger partial charge < -0.3 is 29.5 Å². The van der Waals surface area contributed by atoms with Gasteiger partial charge in [0, 0.05) is 36.7 Å². The highest BCUT2D eigenvalue weighted by Crippen LogP contribution is 2.45. The van der Waals surface area contributed by atoms with E-state index >= 15 is 8.78 Å². The lowest BCUT2D eigenvalue weighted by molar-refractivity contribution is 0.0798. The normalized spacial score (nSPS) is 22.0. The molecule has 0 radical (unpaired) electrons. The van der Waals surface area contributed by atoms with Crippen molar-refractivity contribution < 1.29 is 28.1 Å². The van der Waals surface area contributed by atoms with Gasteiger partial charge in [0.05, 0.1) is 20.3 Å². The highest BCUT2D eigenvalue weighted by Gasteiger charge is 2.45. The van der Waals surface area contributed by atoms with Crippen LogP contribution in [0.2, 0.25) is 0 Å². The molecule has 3 aliphatic rings. The molecule has 1 aliphatic carbocycles. The number of anilines is 1. The van der Waals surface area contributed by atoms with Gasteiger partial charge in [0.1, 0.15) is 34.0 Å². The van der Waals surface area contributed by atoms with Crippen molar-refractivity contribution in [2.75, 3.05) is 51.5 Å². The Balaban J connectivity index is 1.43. The molecule has 0 amide bonds. The molecule has 2 aromatic carbocycles. The molecule has 9 nitrogen and oxygen atoms in total. The van der Waals surface area contributed by atoms with Gasteiger partial charge in [-0.3, -0.25) is 0 Å². The summed E-state index contributed by atoms with van der Waals surface area (Å²) in [6.45, 7) is 5.59. The summed E-state index contributed by atoms with van der Waals surface area (Å²) < 4.78 is 49.9. The molecule has 4 aromatic rings. The first-order valence-electron chi connectivity index (χ1n) is 16.0. The number of methoxy groups -OCH3 is 1. The summed E-state index contributed by atoms with van der Waals surface area (Å²) in [7, 11) is 1.47. The van der Waals surface area contributed by atoms with Crippen LogP contribution in [-0.4, -0.2) is 72.7 Å². The number of aromatic hydroxyl groups is 1. The molecule has 2 unspecified atom stereocenters. The van der Waals surface area contributed by atoms with Crippen molar-refractivity contribution in [3.63, 3.8) is 0 Å². The number of halogens is 2. The van der Waals surface area contributed by atoms with Gasteiger partial charge in [-0.1, -0.05) is 19.4 Å². The minimum Gasteiger partial charge on any atom is -0.508 e.